The number of para-hydroxylation sites is 1. The Morgan fingerprint density at radius 1 is 1.35 bits per heavy atom. The quantitative estimate of drug-likeness (QED) is 0.677. The van der Waals surface area contributed by atoms with E-state index in [0.717, 1.165) is 29.6 Å². The van der Waals surface area contributed by atoms with Crippen molar-refractivity contribution in [3.05, 3.63) is 52.1 Å². The number of imidazole rings is 1. The van der Waals surface area contributed by atoms with Gasteiger partial charge in [-0.05, 0) is 49.8 Å². The Bertz CT molecular complexity index is 773. The second-order valence-electron chi connectivity index (χ2n) is 4.90. The molecule has 0 aliphatic heterocycles. The molecular weight excluding hydrogens is 292 g/mol. The molecule has 5 heteroatoms. The first-order valence-electron chi connectivity index (χ1n) is 6.58. The highest BCUT2D eigenvalue weighted by atomic mass is 35.5. The topological polar surface area (TPSA) is 33.9 Å². The third kappa shape index (κ3) is 2.41. The zero-order valence-corrected chi connectivity index (χ0v) is 12.7. The van der Waals surface area contributed by atoms with Crippen molar-refractivity contribution >= 4 is 34.9 Å². The van der Waals surface area contributed by atoms with Crippen LogP contribution in [-0.4, -0.2) is 9.55 Å². The number of benzene rings is 1. The molecule has 1 aromatic carbocycles. The maximum absolute atomic E-state index is 6.20. The molecular formula is C15H15ClN2OS. The fourth-order valence-corrected chi connectivity index (χ4v) is 3.08. The van der Waals surface area contributed by atoms with Crippen LogP contribution in [0.25, 0.3) is 11.0 Å². The fraction of sp³-hybridized carbons (Fsp3) is 0.267. The predicted molar refractivity (Wildman–Crippen MR) is 83.9 cm³/mol. The molecule has 3 nitrogen and oxygen atoms in total. The molecule has 0 saturated heterocycles. The molecule has 2 heterocycles. The molecule has 104 valence electrons. The SMILES string of the molecule is CC(CCc1ccco1)n1c(=S)[nH]c2c(Cl)cccc21. The van der Waals surface area contributed by atoms with Gasteiger partial charge < -0.3 is 14.0 Å². The van der Waals surface area contributed by atoms with Gasteiger partial charge in [-0.2, -0.15) is 0 Å². The lowest BCUT2D eigenvalue weighted by Gasteiger charge is -2.14. The van der Waals surface area contributed by atoms with Gasteiger partial charge in [0.15, 0.2) is 4.77 Å². The molecule has 3 aromatic rings. The van der Waals surface area contributed by atoms with Crippen LogP contribution in [0.3, 0.4) is 0 Å². The number of hydrogen-bond acceptors (Lipinski definition) is 2. The van der Waals surface area contributed by atoms with Crippen LogP contribution in [0.15, 0.2) is 41.0 Å². The van der Waals surface area contributed by atoms with Crippen LogP contribution in [0.1, 0.15) is 25.1 Å². The summed E-state index contributed by atoms with van der Waals surface area (Å²) in [7, 11) is 0. The number of aromatic amines is 1. The highest BCUT2D eigenvalue weighted by molar-refractivity contribution is 7.71. The van der Waals surface area contributed by atoms with Gasteiger partial charge in [-0.1, -0.05) is 17.7 Å². The van der Waals surface area contributed by atoms with Crippen LogP contribution < -0.4 is 0 Å². The van der Waals surface area contributed by atoms with Gasteiger partial charge in [-0.3, -0.25) is 0 Å². The largest absolute Gasteiger partial charge is 0.469 e. The molecule has 0 spiro atoms. The lowest BCUT2D eigenvalue weighted by Crippen LogP contribution is -2.06. The first kappa shape index (κ1) is 13.5. The van der Waals surface area contributed by atoms with Crippen LogP contribution in [0, 0.1) is 4.77 Å². The lowest BCUT2D eigenvalue weighted by molar-refractivity contribution is 0.455. The van der Waals surface area contributed by atoms with Crippen LogP contribution in [0.5, 0.6) is 0 Å². The third-order valence-corrected chi connectivity index (χ3v) is 4.14. The minimum Gasteiger partial charge on any atom is -0.469 e. The Morgan fingerprint density at radius 3 is 2.95 bits per heavy atom. The molecule has 0 amide bonds. The number of aryl methyl sites for hydroxylation is 1. The second-order valence-corrected chi connectivity index (χ2v) is 5.70. The number of H-pyrrole nitrogens is 1. The van der Waals surface area contributed by atoms with Gasteiger partial charge in [0, 0.05) is 12.5 Å². The van der Waals surface area contributed by atoms with Crippen molar-refractivity contribution in [1.82, 2.24) is 9.55 Å². The fourth-order valence-electron chi connectivity index (χ4n) is 2.49. The molecule has 0 aliphatic carbocycles. The summed E-state index contributed by atoms with van der Waals surface area (Å²) in [6.07, 6.45) is 3.56. The van der Waals surface area contributed by atoms with Crippen molar-refractivity contribution in [1.29, 1.82) is 0 Å². The van der Waals surface area contributed by atoms with Crippen molar-refractivity contribution in [3.8, 4) is 0 Å². The molecule has 0 radical (unpaired) electrons. The van der Waals surface area contributed by atoms with Gasteiger partial charge in [0.25, 0.3) is 0 Å². The third-order valence-electron chi connectivity index (χ3n) is 3.53. The van der Waals surface area contributed by atoms with Gasteiger partial charge in [0.1, 0.15) is 5.76 Å². The van der Waals surface area contributed by atoms with E-state index in [1.54, 1.807) is 6.26 Å². The van der Waals surface area contributed by atoms with E-state index in [0.29, 0.717) is 9.79 Å². The molecule has 0 bridgehead atoms. The number of halogens is 1. The normalized spacial score (nSPS) is 12.9. The number of nitrogens with zero attached hydrogens (tertiary/aromatic N) is 1. The van der Waals surface area contributed by atoms with E-state index >= 15 is 0 Å². The standard InChI is InChI=1S/C15H15ClN2OS/c1-10(7-8-11-4-3-9-19-11)18-13-6-2-5-12(16)14(13)17-15(18)20/h2-6,9-10H,7-8H2,1H3,(H,17,20). The van der Waals surface area contributed by atoms with Crippen molar-refractivity contribution in [2.24, 2.45) is 0 Å². The monoisotopic (exact) mass is 306 g/mol. The summed E-state index contributed by atoms with van der Waals surface area (Å²) in [5, 5.41) is 0.700. The Morgan fingerprint density at radius 2 is 2.20 bits per heavy atom. The van der Waals surface area contributed by atoms with Crippen LogP contribution in [-0.2, 0) is 6.42 Å². The minimum atomic E-state index is 0.278. The first-order valence-corrected chi connectivity index (χ1v) is 7.36. The summed E-state index contributed by atoms with van der Waals surface area (Å²) >= 11 is 11.6. The number of hydrogen-bond donors (Lipinski definition) is 1. The molecule has 0 fully saturated rings. The van der Waals surface area contributed by atoms with E-state index in [1.165, 1.54) is 0 Å². The number of furan rings is 1. The van der Waals surface area contributed by atoms with Crippen molar-refractivity contribution in [2.45, 2.75) is 25.8 Å². The van der Waals surface area contributed by atoms with Gasteiger partial charge >= 0.3 is 0 Å². The lowest BCUT2D eigenvalue weighted by atomic mass is 10.1. The Labute approximate surface area is 127 Å². The Balaban J connectivity index is 1.91. The van der Waals surface area contributed by atoms with Gasteiger partial charge in [0.2, 0.25) is 0 Å². The zero-order valence-electron chi connectivity index (χ0n) is 11.1. The summed E-state index contributed by atoms with van der Waals surface area (Å²) in [6.45, 7) is 2.16. The van der Waals surface area contributed by atoms with E-state index in [9.17, 15) is 0 Å². The highest BCUT2D eigenvalue weighted by Gasteiger charge is 2.13. The van der Waals surface area contributed by atoms with Crippen molar-refractivity contribution < 1.29 is 4.42 Å². The van der Waals surface area contributed by atoms with E-state index in [4.69, 9.17) is 28.2 Å². The smallest absolute Gasteiger partial charge is 0.178 e. The van der Waals surface area contributed by atoms with Crippen molar-refractivity contribution in [3.63, 3.8) is 0 Å². The zero-order chi connectivity index (χ0) is 14.1. The number of nitrogens with one attached hydrogen (secondary N) is 1. The summed E-state index contributed by atoms with van der Waals surface area (Å²) in [5.41, 5.74) is 1.96. The predicted octanol–water partition coefficient (Wildman–Crippen LogP) is 5.14. The summed E-state index contributed by atoms with van der Waals surface area (Å²) < 4.78 is 8.21. The van der Waals surface area contributed by atoms with E-state index in [-0.39, 0.29) is 6.04 Å². The molecule has 0 saturated carbocycles. The minimum absolute atomic E-state index is 0.278. The Hall–Kier alpha value is -1.52. The molecule has 1 unspecified atom stereocenters. The molecule has 0 aliphatic rings. The van der Waals surface area contributed by atoms with Gasteiger partial charge in [0.05, 0.1) is 22.3 Å². The maximum Gasteiger partial charge on any atom is 0.178 e. The maximum atomic E-state index is 6.20. The summed E-state index contributed by atoms with van der Waals surface area (Å²) in [4.78, 5) is 3.19. The molecule has 20 heavy (non-hydrogen) atoms. The van der Waals surface area contributed by atoms with Crippen molar-refractivity contribution in [2.75, 3.05) is 0 Å². The average molecular weight is 307 g/mol. The summed E-state index contributed by atoms with van der Waals surface area (Å²) in [6, 6.07) is 10.0. The number of rotatable bonds is 4. The van der Waals surface area contributed by atoms with Gasteiger partial charge in [-0.15, -0.1) is 0 Å². The summed E-state index contributed by atoms with van der Waals surface area (Å²) in [5.74, 6) is 1.00. The first-order chi connectivity index (χ1) is 9.66. The van der Waals surface area contributed by atoms with Crippen LogP contribution in [0.4, 0.5) is 0 Å². The second kappa shape index (κ2) is 5.46. The van der Waals surface area contributed by atoms with E-state index in [1.807, 2.05) is 30.3 Å². The number of aromatic nitrogens is 2. The van der Waals surface area contributed by atoms with E-state index < -0.39 is 0 Å². The molecule has 3 rings (SSSR count). The average Bonchev–Trinajstić information content (AvgIpc) is 3.04. The van der Waals surface area contributed by atoms with E-state index in [2.05, 4.69) is 16.5 Å². The molecule has 1 atom stereocenters. The van der Waals surface area contributed by atoms with Crippen LogP contribution in [0.2, 0.25) is 5.02 Å². The number of fused-ring (bicyclic) bond motifs is 1. The van der Waals surface area contributed by atoms with Crippen LogP contribution >= 0.6 is 23.8 Å². The molecule has 2 aromatic heterocycles. The Kier molecular flexibility index (Phi) is 3.68. The van der Waals surface area contributed by atoms with Gasteiger partial charge in [-0.25, -0.2) is 0 Å². The molecule has 1 N–H and O–H groups in total. The highest BCUT2D eigenvalue weighted by Crippen LogP contribution is 2.27.